The van der Waals surface area contributed by atoms with Gasteiger partial charge in [0.1, 0.15) is 0 Å². The topological polar surface area (TPSA) is 96.0 Å². The van der Waals surface area contributed by atoms with Gasteiger partial charge < -0.3 is 5.11 Å². The summed E-state index contributed by atoms with van der Waals surface area (Å²) in [6, 6.07) is 15.1. The molecule has 1 fully saturated rings. The predicted molar refractivity (Wildman–Crippen MR) is 124 cm³/mol. The number of piperidine rings is 1. The fourth-order valence-electron chi connectivity index (χ4n) is 4.45. The zero-order chi connectivity index (χ0) is 22.6. The highest BCUT2D eigenvalue weighted by atomic mass is 16.3. The molecule has 8 heteroatoms. The van der Waals surface area contributed by atoms with Gasteiger partial charge in [-0.2, -0.15) is 0 Å². The molecular weight excluding hydrogens is 416 g/mol. The van der Waals surface area contributed by atoms with E-state index in [0.717, 1.165) is 36.7 Å². The highest BCUT2D eigenvalue weighted by Gasteiger charge is 2.26. The molecule has 1 aromatic carbocycles. The average molecular weight is 441 g/mol. The molecule has 4 heterocycles. The second kappa shape index (κ2) is 9.30. The Hall–Kier alpha value is -3.91. The lowest BCUT2D eigenvalue weighted by atomic mass is 9.97. The van der Waals surface area contributed by atoms with Crippen LogP contribution in [0.5, 0.6) is 5.88 Å². The van der Waals surface area contributed by atoms with Crippen molar-refractivity contribution in [1.82, 2.24) is 19.4 Å². The maximum atomic E-state index is 12.4. The monoisotopic (exact) mass is 440 g/mol. The summed E-state index contributed by atoms with van der Waals surface area (Å²) in [5, 5.41) is 19.9. The van der Waals surface area contributed by atoms with E-state index in [9.17, 15) is 9.90 Å². The molecule has 166 valence electrons. The Labute approximate surface area is 191 Å². The summed E-state index contributed by atoms with van der Waals surface area (Å²) in [7, 11) is 0. The molecule has 1 N–H and O–H groups in total. The lowest BCUT2D eigenvalue weighted by molar-refractivity contribution is 0.0995. The van der Waals surface area contributed by atoms with Crippen molar-refractivity contribution in [2.75, 3.05) is 6.54 Å². The summed E-state index contributed by atoms with van der Waals surface area (Å²) >= 11 is 0. The predicted octanol–water partition coefficient (Wildman–Crippen LogP) is 5.25. The summed E-state index contributed by atoms with van der Waals surface area (Å²) in [6.07, 6.45) is 10.1. The molecule has 5 rings (SSSR count). The number of pyridine rings is 2. The third-order valence-electron chi connectivity index (χ3n) is 6.09. The Kier molecular flexibility index (Phi) is 5.91. The van der Waals surface area contributed by atoms with Crippen LogP contribution in [0.3, 0.4) is 0 Å². The molecule has 1 amide bonds. The minimum absolute atomic E-state index is 0.00186. The van der Waals surface area contributed by atoms with Gasteiger partial charge in [-0.05, 0) is 42.7 Å². The van der Waals surface area contributed by atoms with E-state index in [4.69, 9.17) is 0 Å². The first kappa shape index (κ1) is 21.0. The van der Waals surface area contributed by atoms with E-state index in [1.165, 1.54) is 18.0 Å². The number of para-hydroxylation sites is 1. The standard InChI is InChI=1S/C25H24N6O2/c32-24(18-10-13-26-14-11-18)29-28-23-20-7-1-2-9-22(20)31(25(23)33)17-30-15-4-3-8-21(30)19-6-5-12-27-16-19/h1-2,5-7,9-14,16,21,33H,3-4,8,15,17H2. The van der Waals surface area contributed by atoms with Crippen molar-refractivity contribution in [3.63, 3.8) is 0 Å². The Bertz CT molecular complexity index is 1290. The van der Waals surface area contributed by atoms with Gasteiger partial charge in [-0.1, -0.05) is 30.7 Å². The second-order valence-corrected chi connectivity index (χ2v) is 8.11. The smallest absolute Gasteiger partial charge is 0.295 e. The van der Waals surface area contributed by atoms with E-state index in [0.29, 0.717) is 17.9 Å². The number of azo groups is 1. The number of amides is 1. The summed E-state index contributed by atoms with van der Waals surface area (Å²) < 4.78 is 1.84. The van der Waals surface area contributed by atoms with Crippen LogP contribution in [0.2, 0.25) is 0 Å². The van der Waals surface area contributed by atoms with Crippen LogP contribution in [0.15, 0.2) is 83.5 Å². The van der Waals surface area contributed by atoms with Gasteiger partial charge in [0.15, 0.2) is 5.69 Å². The molecule has 0 saturated carbocycles. The highest BCUT2D eigenvalue weighted by molar-refractivity contribution is 5.97. The number of aromatic nitrogens is 3. The number of benzene rings is 1. The van der Waals surface area contributed by atoms with Gasteiger partial charge in [0.25, 0.3) is 5.91 Å². The first-order valence-electron chi connectivity index (χ1n) is 11.0. The van der Waals surface area contributed by atoms with Crippen LogP contribution in [0, 0.1) is 0 Å². The van der Waals surface area contributed by atoms with Gasteiger partial charge in [0.2, 0.25) is 5.88 Å². The molecule has 1 saturated heterocycles. The van der Waals surface area contributed by atoms with Crippen molar-refractivity contribution in [2.45, 2.75) is 32.0 Å². The van der Waals surface area contributed by atoms with E-state index in [1.54, 1.807) is 18.3 Å². The molecule has 1 aliphatic heterocycles. The molecule has 1 atom stereocenters. The summed E-state index contributed by atoms with van der Waals surface area (Å²) in [5.41, 5.74) is 2.71. The highest BCUT2D eigenvalue weighted by Crippen LogP contribution is 2.40. The van der Waals surface area contributed by atoms with Crippen molar-refractivity contribution in [3.8, 4) is 5.88 Å². The summed E-state index contributed by atoms with van der Waals surface area (Å²) in [4.78, 5) is 23.0. The van der Waals surface area contributed by atoms with Crippen molar-refractivity contribution in [3.05, 3.63) is 84.4 Å². The molecule has 8 nitrogen and oxygen atoms in total. The molecule has 1 aliphatic rings. The number of likely N-dealkylation sites (tertiary alicyclic amines) is 1. The quantitative estimate of drug-likeness (QED) is 0.428. The van der Waals surface area contributed by atoms with Crippen LogP contribution in [0.4, 0.5) is 5.69 Å². The molecule has 0 spiro atoms. The molecule has 0 aliphatic carbocycles. The first-order chi connectivity index (χ1) is 16.2. The van der Waals surface area contributed by atoms with Gasteiger partial charge in [-0.3, -0.25) is 24.2 Å². The molecular formula is C25H24N6O2. The number of carbonyl (C=O) groups is 1. The van der Waals surface area contributed by atoms with E-state index in [1.807, 2.05) is 41.1 Å². The van der Waals surface area contributed by atoms with E-state index >= 15 is 0 Å². The maximum Gasteiger partial charge on any atom is 0.295 e. The average Bonchev–Trinajstić information content (AvgIpc) is 3.14. The Morgan fingerprint density at radius 1 is 1.03 bits per heavy atom. The molecule has 33 heavy (non-hydrogen) atoms. The number of nitrogens with zero attached hydrogens (tertiary/aromatic N) is 6. The van der Waals surface area contributed by atoms with Gasteiger partial charge in [-0.15, -0.1) is 10.2 Å². The minimum atomic E-state index is -0.485. The number of hydrogen-bond donors (Lipinski definition) is 1. The zero-order valence-corrected chi connectivity index (χ0v) is 18.1. The van der Waals surface area contributed by atoms with Crippen molar-refractivity contribution in [1.29, 1.82) is 0 Å². The second-order valence-electron chi connectivity index (χ2n) is 8.11. The molecule has 0 radical (unpaired) electrons. The summed E-state index contributed by atoms with van der Waals surface area (Å²) in [6.45, 7) is 1.42. The lowest BCUT2D eigenvalue weighted by Gasteiger charge is -2.36. The van der Waals surface area contributed by atoms with Crippen LogP contribution < -0.4 is 0 Å². The third kappa shape index (κ3) is 4.25. The Balaban J connectivity index is 1.48. The van der Waals surface area contributed by atoms with E-state index in [-0.39, 0.29) is 11.9 Å². The summed E-state index contributed by atoms with van der Waals surface area (Å²) in [5.74, 6) is -0.487. The molecule has 0 bridgehead atoms. The van der Waals surface area contributed by atoms with Crippen LogP contribution in [0.25, 0.3) is 10.9 Å². The van der Waals surface area contributed by atoms with Gasteiger partial charge in [0.05, 0.1) is 12.2 Å². The van der Waals surface area contributed by atoms with E-state index < -0.39 is 5.91 Å². The normalized spacial score (nSPS) is 17.0. The molecule has 3 aromatic heterocycles. The Morgan fingerprint density at radius 3 is 2.70 bits per heavy atom. The fraction of sp³-hybridized carbons (Fsp3) is 0.240. The fourth-order valence-corrected chi connectivity index (χ4v) is 4.45. The van der Waals surface area contributed by atoms with Gasteiger partial charge in [-0.25, -0.2) is 0 Å². The van der Waals surface area contributed by atoms with Crippen LogP contribution >= 0.6 is 0 Å². The minimum Gasteiger partial charge on any atom is -0.493 e. The van der Waals surface area contributed by atoms with Crippen molar-refractivity contribution >= 4 is 22.5 Å². The number of fused-ring (bicyclic) bond motifs is 1. The number of carbonyl (C=O) groups excluding carboxylic acids is 1. The first-order valence-corrected chi connectivity index (χ1v) is 11.0. The number of aromatic hydroxyl groups is 1. The lowest BCUT2D eigenvalue weighted by Crippen LogP contribution is -2.34. The third-order valence-corrected chi connectivity index (χ3v) is 6.09. The van der Waals surface area contributed by atoms with Gasteiger partial charge >= 0.3 is 0 Å². The number of hydrogen-bond acceptors (Lipinski definition) is 6. The molecule has 1 unspecified atom stereocenters. The van der Waals surface area contributed by atoms with Crippen LogP contribution in [0.1, 0.15) is 41.2 Å². The largest absolute Gasteiger partial charge is 0.493 e. The SMILES string of the molecule is O=C(N=Nc1c(O)n(CN2CCCCC2c2cccnc2)c2ccccc12)c1ccncc1. The van der Waals surface area contributed by atoms with E-state index in [2.05, 4.69) is 31.2 Å². The van der Waals surface area contributed by atoms with Crippen LogP contribution in [-0.2, 0) is 6.67 Å². The molecule has 4 aromatic rings. The Morgan fingerprint density at radius 2 is 1.88 bits per heavy atom. The maximum absolute atomic E-state index is 12.4. The van der Waals surface area contributed by atoms with Crippen molar-refractivity contribution in [2.24, 2.45) is 10.2 Å². The van der Waals surface area contributed by atoms with Crippen LogP contribution in [-0.4, -0.2) is 37.0 Å². The van der Waals surface area contributed by atoms with Gasteiger partial charge in [0, 0.05) is 48.3 Å². The zero-order valence-electron chi connectivity index (χ0n) is 18.1. The van der Waals surface area contributed by atoms with Crippen molar-refractivity contribution < 1.29 is 9.90 Å². The number of rotatable bonds is 5.